The maximum atomic E-state index is 12.7. The molecule has 0 radical (unpaired) electrons. The highest BCUT2D eigenvalue weighted by atomic mass is 32.2. The summed E-state index contributed by atoms with van der Waals surface area (Å²) in [6.45, 7) is 0.624. The molecule has 1 aromatic carbocycles. The van der Waals surface area contributed by atoms with Crippen molar-refractivity contribution in [1.29, 1.82) is 0 Å². The van der Waals surface area contributed by atoms with E-state index in [1.54, 1.807) is 41.8 Å². The molecule has 4 rings (SSSR count). The van der Waals surface area contributed by atoms with Crippen LogP contribution in [0.15, 0.2) is 52.3 Å². The predicted octanol–water partition coefficient (Wildman–Crippen LogP) is 1.76. The van der Waals surface area contributed by atoms with Gasteiger partial charge in [-0.3, -0.25) is 4.79 Å². The van der Waals surface area contributed by atoms with Crippen molar-refractivity contribution in [2.24, 2.45) is 5.92 Å². The van der Waals surface area contributed by atoms with Gasteiger partial charge in [-0.25, -0.2) is 13.1 Å². The molecule has 0 aliphatic carbocycles. The second kappa shape index (κ2) is 7.78. The van der Waals surface area contributed by atoms with Crippen molar-refractivity contribution in [1.82, 2.24) is 24.5 Å². The Morgan fingerprint density at radius 3 is 2.71 bits per heavy atom. The lowest BCUT2D eigenvalue weighted by atomic mass is 9.98. The van der Waals surface area contributed by atoms with Gasteiger partial charge in [0, 0.05) is 18.8 Å². The van der Waals surface area contributed by atoms with Crippen LogP contribution in [0, 0.1) is 5.92 Å². The van der Waals surface area contributed by atoms with E-state index < -0.39 is 10.0 Å². The van der Waals surface area contributed by atoms with Gasteiger partial charge in [-0.2, -0.15) is 4.31 Å². The zero-order chi connectivity index (χ0) is 19.6. The molecule has 1 aliphatic heterocycles. The topological polar surface area (TPSA) is 110 Å². The van der Waals surface area contributed by atoms with Gasteiger partial charge in [-0.15, -0.1) is 16.4 Å². The van der Waals surface area contributed by atoms with E-state index in [1.165, 1.54) is 26.7 Å². The molecule has 146 valence electrons. The minimum absolute atomic E-state index is 0.179. The molecule has 28 heavy (non-hydrogen) atoms. The van der Waals surface area contributed by atoms with Crippen molar-refractivity contribution >= 4 is 33.0 Å². The zero-order valence-electron chi connectivity index (χ0n) is 14.8. The van der Waals surface area contributed by atoms with Crippen LogP contribution in [0.4, 0.5) is 5.69 Å². The minimum Gasteiger partial charge on any atom is -0.326 e. The first-order chi connectivity index (χ1) is 13.5. The molecule has 1 amide bonds. The number of thiophene rings is 1. The summed E-state index contributed by atoms with van der Waals surface area (Å²) in [5.41, 5.74) is 1.41. The standard InChI is InChI=1S/C17H18N6O3S2/c24-17(19-14-5-7-15(8-6-14)23-12-18-20-21-23)13-3-1-9-22(11-13)28(25,26)16-4-2-10-27-16/h2,4-8,10,12-13H,1,3,9,11H2,(H,19,24). The van der Waals surface area contributed by atoms with Crippen molar-refractivity contribution < 1.29 is 13.2 Å². The first kappa shape index (κ1) is 18.7. The van der Waals surface area contributed by atoms with Crippen molar-refractivity contribution in [3.63, 3.8) is 0 Å². The lowest BCUT2D eigenvalue weighted by molar-refractivity contribution is -0.120. The number of hydrogen-bond donors (Lipinski definition) is 1. The molecule has 1 atom stereocenters. The second-order valence-electron chi connectivity index (χ2n) is 6.42. The third-order valence-corrected chi connectivity index (χ3v) is 7.83. The van der Waals surface area contributed by atoms with Crippen LogP contribution in [-0.2, 0) is 14.8 Å². The number of carbonyl (C=O) groups excluding carboxylic acids is 1. The fourth-order valence-electron chi connectivity index (χ4n) is 3.13. The summed E-state index contributed by atoms with van der Waals surface area (Å²) < 4.78 is 28.7. The summed E-state index contributed by atoms with van der Waals surface area (Å²) >= 11 is 1.19. The van der Waals surface area contributed by atoms with Gasteiger partial charge in [-0.05, 0) is 59.0 Å². The maximum Gasteiger partial charge on any atom is 0.252 e. The first-order valence-electron chi connectivity index (χ1n) is 8.72. The average Bonchev–Trinajstić information content (AvgIpc) is 3.43. The van der Waals surface area contributed by atoms with Crippen LogP contribution >= 0.6 is 11.3 Å². The molecule has 0 saturated carbocycles. The smallest absolute Gasteiger partial charge is 0.252 e. The molecular weight excluding hydrogens is 400 g/mol. The predicted molar refractivity (Wildman–Crippen MR) is 104 cm³/mol. The fourth-order valence-corrected chi connectivity index (χ4v) is 5.80. The van der Waals surface area contributed by atoms with Gasteiger partial charge in [0.15, 0.2) is 0 Å². The molecule has 1 fully saturated rings. The molecule has 1 aliphatic rings. The number of anilines is 1. The van der Waals surface area contributed by atoms with Crippen LogP contribution in [0.5, 0.6) is 0 Å². The third-order valence-electron chi connectivity index (χ3n) is 4.59. The molecule has 2 aromatic heterocycles. The number of rotatable bonds is 5. The summed E-state index contributed by atoms with van der Waals surface area (Å²) in [6.07, 6.45) is 2.80. The average molecular weight is 419 g/mol. The van der Waals surface area contributed by atoms with E-state index in [-0.39, 0.29) is 18.4 Å². The van der Waals surface area contributed by atoms with Gasteiger partial charge >= 0.3 is 0 Å². The van der Waals surface area contributed by atoms with E-state index in [2.05, 4.69) is 20.8 Å². The molecule has 9 nitrogen and oxygen atoms in total. The lowest BCUT2D eigenvalue weighted by Gasteiger charge is -2.30. The Balaban J connectivity index is 1.42. The van der Waals surface area contributed by atoms with Crippen molar-refractivity contribution in [3.05, 3.63) is 48.1 Å². The van der Waals surface area contributed by atoms with E-state index in [0.717, 1.165) is 5.69 Å². The molecule has 1 unspecified atom stereocenters. The van der Waals surface area contributed by atoms with Crippen molar-refractivity contribution in [2.75, 3.05) is 18.4 Å². The van der Waals surface area contributed by atoms with E-state index in [9.17, 15) is 13.2 Å². The Morgan fingerprint density at radius 1 is 1.21 bits per heavy atom. The molecule has 0 spiro atoms. The van der Waals surface area contributed by atoms with Crippen LogP contribution in [-0.4, -0.2) is 51.9 Å². The van der Waals surface area contributed by atoms with Gasteiger partial charge in [0.2, 0.25) is 5.91 Å². The van der Waals surface area contributed by atoms with Crippen LogP contribution in [0.1, 0.15) is 12.8 Å². The Hall–Kier alpha value is -2.63. The highest BCUT2D eigenvalue weighted by Gasteiger charge is 2.33. The summed E-state index contributed by atoms with van der Waals surface area (Å²) in [5, 5.41) is 15.6. The summed E-state index contributed by atoms with van der Waals surface area (Å²) in [4.78, 5) is 12.7. The Kier molecular flexibility index (Phi) is 5.20. The lowest BCUT2D eigenvalue weighted by Crippen LogP contribution is -2.43. The Morgan fingerprint density at radius 2 is 2.04 bits per heavy atom. The monoisotopic (exact) mass is 418 g/mol. The largest absolute Gasteiger partial charge is 0.326 e. The summed E-state index contributed by atoms with van der Waals surface area (Å²) in [5.74, 6) is -0.566. The summed E-state index contributed by atoms with van der Waals surface area (Å²) in [7, 11) is -3.54. The van der Waals surface area contributed by atoms with Crippen molar-refractivity contribution in [3.8, 4) is 5.69 Å². The molecule has 1 N–H and O–H groups in total. The highest BCUT2D eigenvalue weighted by Crippen LogP contribution is 2.27. The number of tetrazole rings is 1. The van der Waals surface area contributed by atoms with E-state index in [4.69, 9.17) is 0 Å². The molecule has 1 saturated heterocycles. The Bertz CT molecular complexity index is 1030. The van der Waals surface area contributed by atoms with Crippen LogP contribution in [0.3, 0.4) is 0 Å². The number of piperidine rings is 1. The van der Waals surface area contributed by atoms with Crippen LogP contribution in [0.2, 0.25) is 0 Å². The second-order valence-corrected chi connectivity index (χ2v) is 9.54. The number of nitrogens with zero attached hydrogens (tertiary/aromatic N) is 5. The molecular formula is C17H18N6O3S2. The van der Waals surface area contributed by atoms with Gasteiger partial charge in [-0.1, -0.05) is 6.07 Å². The summed E-state index contributed by atoms with van der Waals surface area (Å²) in [6, 6.07) is 10.4. The number of nitrogens with one attached hydrogen (secondary N) is 1. The fraction of sp³-hybridized carbons (Fsp3) is 0.294. The normalized spacial score (nSPS) is 18.1. The van der Waals surface area contributed by atoms with Gasteiger partial charge < -0.3 is 5.32 Å². The SMILES string of the molecule is O=C(Nc1ccc(-n2cnnn2)cc1)C1CCCN(S(=O)(=O)c2cccs2)C1. The van der Waals surface area contributed by atoms with Crippen LogP contribution < -0.4 is 5.32 Å². The van der Waals surface area contributed by atoms with E-state index in [0.29, 0.717) is 29.3 Å². The molecule has 3 heterocycles. The number of hydrogen-bond acceptors (Lipinski definition) is 7. The number of carbonyl (C=O) groups is 1. The molecule has 0 bridgehead atoms. The first-order valence-corrected chi connectivity index (χ1v) is 11.0. The maximum absolute atomic E-state index is 12.7. The van der Waals surface area contributed by atoms with Crippen molar-refractivity contribution in [2.45, 2.75) is 17.1 Å². The zero-order valence-corrected chi connectivity index (χ0v) is 16.4. The van der Waals surface area contributed by atoms with E-state index in [1.807, 2.05) is 0 Å². The quantitative estimate of drug-likeness (QED) is 0.676. The van der Waals surface area contributed by atoms with Gasteiger partial charge in [0.25, 0.3) is 10.0 Å². The number of benzene rings is 1. The van der Waals surface area contributed by atoms with Gasteiger partial charge in [0.05, 0.1) is 11.6 Å². The highest BCUT2D eigenvalue weighted by molar-refractivity contribution is 7.91. The van der Waals surface area contributed by atoms with Crippen LogP contribution in [0.25, 0.3) is 5.69 Å². The minimum atomic E-state index is -3.54. The third kappa shape index (κ3) is 3.81. The Labute approximate surface area is 166 Å². The number of sulfonamides is 1. The molecule has 11 heteroatoms. The van der Waals surface area contributed by atoms with Gasteiger partial charge in [0.1, 0.15) is 10.5 Å². The number of amides is 1. The number of aromatic nitrogens is 4. The van der Waals surface area contributed by atoms with E-state index >= 15 is 0 Å². The molecule has 3 aromatic rings.